The quantitative estimate of drug-likeness (QED) is 0.763. The topological polar surface area (TPSA) is 57.7 Å². The Labute approximate surface area is 154 Å². The fourth-order valence-corrected chi connectivity index (χ4v) is 5.98. The molecule has 0 aromatic heterocycles. The maximum atomic E-state index is 13.4. The highest BCUT2D eigenvalue weighted by atomic mass is 32.2. The van der Waals surface area contributed by atoms with Gasteiger partial charge >= 0.3 is 6.03 Å². The average Bonchev–Trinajstić information content (AvgIpc) is 2.99. The van der Waals surface area contributed by atoms with E-state index in [1.807, 2.05) is 63.2 Å². The second kappa shape index (κ2) is 5.84. The van der Waals surface area contributed by atoms with Gasteiger partial charge < -0.3 is 0 Å². The van der Waals surface area contributed by atoms with Gasteiger partial charge in [-0.2, -0.15) is 0 Å². The van der Waals surface area contributed by atoms with Crippen molar-refractivity contribution in [3.05, 3.63) is 59.2 Å². The predicted octanol–water partition coefficient (Wildman–Crippen LogP) is 3.22. The SMILES string of the molecule is Cc1cccc(N2C(=O)N(c3cccc(C)c3C)C3CS(=O)(=O)CC32)c1. The number of hydrogen-bond donors (Lipinski definition) is 0. The lowest BCUT2D eigenvalue weighted by Crippen LogP contribution is -2.38. The second-order valence-corrected chi connectivity index (χ2v) is 9.45. The molecule has 2 fully saturated rings. The molecule has 2 heterocycles. The smallest absolute Gasteiger partial charge is 0.288 e. The van der Waals surface area contributed by atoms with Crippen LogP contribution in [0, 0.1) is 20.8 Å². The third kappa shape index (κ3) is 2.60. The molecule has 4 rings (SSSR count). The number of fused-ring (bicyclic) bond motifs is 1. The first kappa shape index (κ1) is 17.1. The number of carbonyl (C=O) groups excluding carboxylic acids is 1. The van der Waals surface area contributed by atoms with Crippen LogP contribution in [0.3, 0.4) is 0 Å². The van der Waals surface area contributed by atoms with Crippen LogP contribution in [0.15, 0.2) is 42.5 Å². The molecule has 0 radical (unpaired) electrons. The summed E-state index contributed by atoms with van der Waals surface area (Å²) >= 11 is 0. The van der Waals surface area contributed by atoms with E-state index in [0.29, 0.717) is 0 Å². The third-order valence-corrected chi connectivity index (χ3v) is 7.18. The van der Waals surface area contributed by atoms with E-state index in [9.17, 15) is 13.2 Å². The molecule has 2 aromatic carbocycles. The van der Waals surface area contributed by atoms with E-state index in [0.717, 1.165) is 28.1 Å². The molecule has 2 aliphatic heterocycles. The molecule has 2 atom stereocenters. The lowest BCUT2D eigenvalue weighted by atomic mass is 10.1. The Kier molecular flexibility index (Phi) is 3.84. The standard InChI is InChI=1S/C20H22N2O3S/c1-13-6-4-8-16(10-13)21-18-11-26(24,25)12-19(18)22(20(21)23)17-9-5-7-14(2)15(17)3/h4-10,18-19H,11-12H2,1-3H3. The molecule has 0 spiro atoms. The number of benzene rings is 2. The van der Waals surface area contributed by atoms with Crippen LogP contribution in [0.1, 0.15) is 16.7 Å². The van der Waals surface area contributed by atoms with Gasteiger partial charge in [-0.25, -0.2) is 13.2 Å². The molecular weight excluding hydrogens is 348 g/mol. The van der Waals surface area contributed by atoms with Crippen molar-refractivity contribution in [2.45, 2.75) is 32.9 Å². The first-order valence-corrected chi connectivity index (χ1v) is 10.6. The Balaban J connectivity index is 1.86. The summed E-state index contributed by atoms with van der Waals surface area (Å²) in [5, 5.41) is 0. The lowest BCUT2D eigenvalue weighted by molar-refractivity contribution is 0.255. The Morgan fingerprint density at radius 1 is 0.923 bits per heavy atom. The molecule has 0 aliphatic carbocycles. The van der Waals surface area contributed by atoms with Crippen molar-refractivity contribution in [3.63, 3.8) is 0 Å². The number of anilines is 2. The van der Waals surface area contributed by atoms with Crippen LogP contribution < -0.4 is 9.80 Å². The molecule has 2 aliphatic rings. The van der Waals surface area contributed by atoms with Crippen LogP contribution >= 0.6 is 0 Å². The first-order chi connectivity index (χ1) is 12.3. The van der Waals surface area contributed by atoms with Crippen molar-refractivity contribution in [2.75, 3.05) is 21.3 Å². The van der Waals surface area contributed by atoms with Gasteiger partial charge in [-0.1, -0.05) is 24.3 Å². The lowest BCUT2D eigenvalue weighted by Gasteiger charge is -2.24. The fourth-order valence-electron chi connectivity index (χ4n) is 4.06. The zero-order chi connectivity index (χ0) is 18.6. The van der Waals surface area contributed by atoms with Crippen LogP contribution in [0.25, 0.3) is 0 Å². The van der Waals surface area contributed by atoms with E-state index >= 15 is 0 Å². The monoisotopic (exact) mass is 370 g/mol. The van der Waals surface area contributed by atoms with Gasteiger partial charge in [0.05, 0.1) is 23.6 Å². The van der Waals surface area contributed by atoms with Crippen molar-refractivity contribution >= 4 is 27.2 Å². The molecule has 0 saturated carbocycles. The van der Waals surface area contributed by atoms with Gasteiger partial charge in [0.1, 0.15) is 0 Å². The Bertz CT molecular complexity index is 1000. The number of aryl methyl sites for hydroxylation is 2. The maximum absolute atomic E-state index is 13.4. The van der Waals surface area contributed by atoms with E-state index in [1.54, 1.807) is 9.80 Å². The number of urea groups is 1. The summed E-state index contributed by atoms with van der Waals surface area (Å²) in [5.74, 6) is 0.0256. The molecular formula is C20H22N2O3S. The van der Waals surface area contributed by atoms with Gasteiger partial charge in [0.2, 0.25) is 0 Å². The average molecular weight is 370 g/mol. The Hall–Kier alpha value is -2.34. The van der Waals surface area contributed by atoms with Crippen molar-refractivity contribution in [2.24, 2.45) is 0 Å². The van der Waals surface area contributed by atoms with Gasteiger partial charge in [-0.3, -0.25) is 9.80 Å². The minimum atomic E-state index is -3.18. The summed E-state index contributed by atoms with van der Waals surface area (Å²) in [6.07, 6.45) is 0. The molecule has 2 aromatic rings. The second-order valence-electron chi connectivity index (χ2n) is 7.29. The molecule has 136 valence electrons. The zero-order valence-electron chi connectivity index (χ0n) is 15.1. The maximum Gasteiger partial charge on any atom is 0.329 e. The van der Waals surface area contributed by atoms with Crippen molar-refractivity contribution < 1.29 is 13.2 Å². The third-order valence-electron chi connectivity index (χ3n) is 5.48. The fraction of sp³-hybridized carbons (Fsp3) is 0.350. The van der Waals surface area contributed by atoms with Gasteiger partial charge in [-0.05, 0) is 55.7 Å². The van der Waals surface area contributed by atoms with Gasteiger partial charge in [-0.15, -0.1) is 0 Å². The molecule has 5 nitrogen and oxygen atoms in total. The molecule has 0 N–H and O–H groups in total. The predicted molar refractivity (Wildman–Crippen MR) is 104 cm³/mol. The minimum absolute atomic E-state index is 0.0126. The molecule has 26 heavy (non-hydrogen) atoms. The molecule has 2 saturated heterocycles. The summed E-state index contributed by atoms with van der Waals surface area (Å²) in [6, 6.07) is 12.6. The van der Waals surface area contributed by atoms with E-state index in [1.165, 1.54) is 0 Å². The number of carbonyl (C=O) groups is 1. The number of sulfone groups is 1. The summed E-state index contributed by atoms with van der Waals surface area (Å²) in [4.78, 5) is 16.7. The molecule has 0 bridgehead atoms. The van der Waals surface area contributed by atoms with Crippen molar-refractivity contribution in [3.8, 4) is 0 Å². The minimum Gasteiger partial charge on any atom is -0.288 e. The Morgan fingerprint density at radius 2 is 1.58 bits per heavy atom. The summed E-state index contributed by atoms with van der Waals surface area (Å²) in [6.45, 7) is 5.95. The van der Waals surface area contributed by atoms with E-state index in [2.05, 4.69) is 0 Å². The number of nitrogens with zero attached hydrogens (tertiary/aromatic N) is 2. The molecule has 2 amide bonds. The first-order valence-electron chi connectivity index (χ1n) is 8.74. The summed E-state index contributed by atoms with van der Waals surface area (Å²) in [5.41, 5.74) is 4.70. The van der Waals surface area contributed by atoms with Crippen LogP contribution in [0.5, 0.6) is 0 Å². The van der Waals surface area contributed by atoms with E-state index < -0.39 is 9.84 Å². The van der Waals surface area contributed by atoms with E-state index in [-0.39, 0.29) is 29.6 Å². The zero-order valence-corrected chi connectivity index (χ0v) is 16.0. The van der Waals surface area contributed by atoms with Crippen molar-refractivity contribution in [1.82, 2.24) is 0 Å². The van der Waals surface area contributed by atoms with Crippen LogP contribution in [-0.4, -0.2) is 38.0 Å². The van der Waals surface area contributed by atoms with Gasteiger partial charge in [0, 0.05) is 11.4 Å². The number of rotatable bonds is 2. The van der Waals surface area contributed by atoms with E-state index in [4.69, 9.17) is 0 Å². The van der Waals surface area contributed by atoms with Gasteiger partial charge in [0.25, 0.3) is 0 Å². The Morgan fingerprint density at radius 3 is 2.27 bits per heavy atom. The normalized spacial score (nSPS) is 24.2. The highest BCUT2D eigenvalue weighted by Gasteiger charge is 2.54. The number of amides is 2. The van der Waals surface area contributed by atoms with Gasteiger partial charge in [0.15, 0.2) is 9.84 Å². The highest BCUT2D eigenvalue weighted by Crippen LogP contribution is 2.39. The number of hydrogen-bond acceptors (Lipinski definition) is 3. The van der Waals surface area contributed by atoms with Crippen LogP contribution in [-0.2, 0) is 9.84 Å². The summed E-state index contributed by atoms with van der Waals surface area (Å²) < 4.78 is 24.7. The summed E-state index contributed by atoms with van der Waals surface area (Å²) in [7, 11) is -3.18. The van der Waals surface area contributed by atoms with Crippen LogP contribution in [0.2, 0.25) is 0 Å². The highest BCUT2D eigenvalue weighted by molar-refractivity contribution is 7.91. The van der Waals surface area contributed by atoms with Crippen LogP contribution in [0.4, 0.5) is 16.2 Å². The molecule has 6 heteroatoms. The largest absolute Gasteiger partial charge is 0.329 e. The van der Waals surface area contributed by atoms with Crippen molar-refractivity contribution in [1.29, 1.82) is 0 Å². The molecule has 2 unspecified atom stereocenters.